The molecule has 6 nitrogen and oxygen atoms in total. The average Bonchev–Trinajstić information content (AvgIpc) is 2.96. The first kappa shape index (κ1) is 13.9. The van der Waals surface area contributed by atoms with Crippen LogP contribution in [0.15, 0.2) is 18.2 Å². The lowest BCUT2D eigenvalue weighted by atomic mass is 9.93. The van der Waals surface area contributed by atoms with Gasteiger partial charge in [-0.15, -0.1) is 5.10 Å². The van der Waals surface area contributed by atoms with E-state index >= 15 is 0 Å². The van der Waals surface area contributed by atoms with E-state index in [1.165, 1.54) is 6.07 Å². The van der Waals surface area contributed by atoms with Gasteiger partial charge in [-0.3, -0.25) is 0 Å². The predicted molar refractivity (Wildman–Crippen MR) is 75.9 cm³/mol. The highest BCUT2D eigenvalue weighted by Gasteiger charge is 2.26. The number of nitrogen functional groups attached to an aromatic ring is 1. The zero-order valence-corrected chi connectivity index (χ0v) is 11.9. The molecule has 0 bridgehead atoms. The van der Waals surface area contributed by atoms with Gasteiger partial charge in [-0.05, 0) is 54.3 Å². The van der Waals surface area contributed by atoms with Gasteiger partial charge < -0.3 is 10.5 Å². The van der Waals surface area contributed by atoms with Crippen molar-refractivity contribution < 1.29 is 9.13 Å². The zero-order valence-electron chi connectivity index (χ0n) is 11.9. The van der Waals surface area contributed by atoms with Crippen LogP contribution in [0.1, 0.15) is 25.8 Å². The Kier molecular flexibility index (Phi) is 3.83. The van der Waals surface area contributed by atoms with Crippen molar-refractivity contribution in [2.45, 2.75) is 25.8 Å². The van der Waals surface area contributed by atoms with Gasteiger partial charge in [0.2, 0.25) is 0 Å². The number of hydrogen-bond donors (Lipinski definition) is 1. The molecule has 21 heavy (non-hydrogen) atoms. The quantitative estimate of drug-likeness (QED) is 0.876. The van der Waals surface area contributed by atoms with Gasteiger partial charge in [0.05, 0.1) is 11.6 Å². The van der Waals surface area contributed by atoms with Crippen molar-refractivity contribution in [2.24, 2.45) is 5.92 Å². The minimum Gasteiger partial charge on any atom is -0.399 e. The van der Waals surface area contributed by atoms with Crippen LogP contribution in [-0.2, 0) is 4.74 Å². The van der Waals surface area contributed by atoms with Crippen LogP contribution in [0.3, 0.4) is 0 Å². The fourth-order valence-corrected chi connectivity index (χ4v) is 2.76. The number of hydrogen-bond acceptors (Lipinski definition) is 5. The Morgan fingerprint density at radius 1 is 1.38 bits per heavy atom. The lowest BCUT2D eigenvalue weighted by Gasteiger charge is -2.28. The molecule has 0 saturated carbocycles. The third-order valence-electron chi connectivity index (χ3n) is 4.06. The SMILES string of the molecule is CC(C1CCOCC1)n1nnnc1-c1ccc(N)cc1F. The maximum Gasteiger partial charge on any atom is 0.185 e. The van der Waals surface area contributed by atoms with Crippen LogP contribution in [0.2, 0.25) is 0 Å². The number of tetrazole rings is 1. The highest BCUT2D eigenvalue weighted by atomic mass is 19.1. The van der Waals surface area contributed by atoms with Gasteiger partial charge in [0.15, 0.2) is 5.82 Å². The van der Waals surface area contributed by atoms with Crippen LogP contribution in [0.5, 0.6) is 0 Å². The van der Waals surface area contributed by atoms with Crippen molar-refractivity contribution in [3.05, 3.63) is 24.0 Å². The van der Waals surface area contributed by atoms with Crippen molar-refractivity contribution in [3.63, 3.8) is 0 Å². The third-order valence-corrected chi connectivity index (χ3v) is 4.06. The molecule has 1 fully saturated rings. The highest BCUT2D eigenvalue weighted by Crippen LogP contribution is 2.30. The Labute approximate surface area is 122 Å². The van der Waals surface area contributed by atoms with Gasteiger partial charge in [-0.2, -0.15) is 0 Å². The maximum absolute atomic E-state index is 14.1. The lowest BCUT2D eigenvalue weighted by molar-refractivity contribution is 0.0495. The molecule has 0 radical (unpaired) electrons. The second-order valence-corrected chi connectivity index (χ2v) is 5.38. The van der Waals surface area contributed by atoms with Crippen molar-refractivity contribution in [3.8, 4) is 11.4 Å². The summed E-state index contributed by atoms with van der Waals surface area (Å²) in [6, 6.07) is 4.64. The summed E-state index contributed by atoms with van der Waals surface area (Å²) in [4.78, 5) is 0. The second kappa shape index (κ2) is 5.77. The Balaban J connectivity index is 1.93. The minimum absolute atomic E-state index is 0.0934. The van der Waals surface area contributed by atoms with Crippen LogP contribution < -0.4 is 5.73 Å². The molecule has 0 amide bonds. The monoisotopic (exact) mass is 291 g/mol. The summed E-state index contributed by atoms with van der Waals surface area (Å²) in [5.41, 5.74) is 6.33. The molecular weight excluding hydrogens is 273 g/mol. The average molecular weight is 291 g/mol. The van der Waals surface area contributed by atoms with Crippen LogP contribution in [0.4, 0.5) is 10.1 Å². The molecule has 0 spiro atoms. The molecule has 112 valence electrons. The first-order valence-corrected chi connectivity index (χ1v) is 7.08. The maximum atomic E-state index is 14.1. The van der Waals surface area contributed by atoms with E-state index in [9.17, 15) is 4.39 Å². The van der Waals surface area contributed by atoms with Gasteiger partial charge in [0.25, 0.3) is 0 Å². The van der Waals surface area contributed by atoms with Crippen LogP contribution >= 0.6 is 0 Å². The lowest BCUT2D eigenvalue weighted by Crippen LogP contribution is -2.25. The van der Waals surface area contributed by atoms with E-state index in [1.54, 1.807) is 16.8 Å². The fourth-order valence-electron chi connectivity index (χ4n) is 2.76. The van der Waals surface area contributed by atoms with E-state index in [-0.39, 0.29) is 6.04 Å². The van der Waals surface area contributed by atoms with Gasteiger partial charge >= 0.3 is 0 Å². The summed E-state index contributed by atoms with van der Waals surface area (Å²) in [7, 11) is 0. The molecule has 0 aliphatic carbocycles. The number of rotatable bonds is 3. The van der Waals surface area contributed by atoms with Gasteiger partial charge in [-0.25, -0.2) is 9.07 Å². The highest BCUT2D eigenvalue weighted by molar-refractivity contribution is 5.59. The number of benzene rings is 1. The van der Waals surface area contributed by atoms with Crippen molar-refractivity contribution in [2.75, 3.05) is 18.9 Å². The summed E-state index contributed by atoms with van der Waals surface area (Å²) < 4.78 is 21.2. The van der Waals surface area contributed by atoms with E-state index < -0.39 is 5.82 Å². The molecule has 1 aliphatic rings. The molecule has 1 aromatic heterocycles. The summed E-state index contributed by atoms with van der Waals surface area (Å²) in [5, 5.41) is 11.7. The number of nitrogens with two attached hydrogens (primary N) is 1. The van der Waals surface area contributed by atoms with E-state index in [0.29, 0.717) is 23.0 Å². The molecule has 2 aromatic rings. The first-order valence-electron chi connectivity index (χ1n) is 7.08. The Morgan fingerprint density at radius 2 is 2.14 bits per heavy atom. The number of anilines is 1. The van der Waals surface area contributed by atoms with Crippen LogP contribution in [0, 0.1) is 11.7 Å². The topological polar surface area (TPSA) is 78.8 Å². The Morgan fingerprint density at radius 3 is 2.86 bits per heavy atom. The summed E-state index contributed by atoms with van der Waals surface area (Å²) in [6.45, 7) is 3.57. The fraction of sp³-hybridized carbons (Fsp3) is 0.500. The minimum atomic E-state index is -0.412. The molecule has 1 aromatic carbocycles. The number of ether oxygens (including phenoxy) is 1. The summed E-state index contributed by atoms with van der Waals surface area (Å²) in [6.07, 6.45) is 1.93. The molecule has 7 heteroatoms. The summed E-state index contributed by atoms with van der Waals surface area (Å²) >= 11 is 0. The van der Waals surface area contributed by atoms with E-state index in [0.717, 1.165) is 26.1 Å². The summed E-state index contributed by atoms with van der Waals surface area (Å²) in [5.74, 6) is 0.453. The molecule has 3 rings (SSSR count). The molecular formula is C14H18FN5O. The zero-order chi connectivity index (χ0) is 14.8. The number of nitrogens with zero attached hydrogens (tertiary/aromatic N) is 4. The van der Waals surface area contributed by atoms with Crippen LogP contribution in [0.25, 0.3) is 11.4 Å². The largest absolute Gasteiger partial charge is 0.399 e. The smallest absolute Gasteiger partial charge is 0.185 e. The van der Waals surface area contributed by atoms with Gasteiger partial charge in [0.1, 0.15) is 5.82 Å². The Bertz CT molecular complexity index is 624. The third kappa shape index (κ3) is 2.73. The molecule has 1 unspecified atom stereocenters. The Hall–Kier alpha value is -2.02. The van der Waals surface area contributed by atoms with Gasteiger partial charge in [0, 0.05) is 18.9 Å². The molecule has 2 heterocycles. The predicted octanol–water partition coefficient (Wildman–Crippen LogP) is 2.05. The number of aromatic nitrogens is 4. The normalized spacial score (nSPS) is 17.8. The van der Waals surface area contributed by atoms with E-state index in [1.807, 2.05) is 0 Å². The molecule has 1 atom stereocenters. The van der Waals surface area contributed by atoms with Crippen molar-refractivity contribution in [1.29, 1.82) is 0 Å². The first-order chi connectivity index (χ1) is 10.2. The number of halogens is 1. The van der Waals surface area contributed by atoms with Crippen molar-refractivity contribution >= 4 is 5.69 Å². The van der Waals surface area contributed by atoms with E-state index in [4.69, 9.17) is 10.5 Å². The van der Waals surface area contributed by atoms with Crippen LogP contribution in [-0.4, -0.2) is 33.4 Å². The molecule has 2 N–H and O–H groups in total. The van der Waals surface area contributed by atoms with Gasteiger partial charge in [-0.1, -0.05) is 0 Å². The molecule has 1 saturated heterocycles. The molecule has 1 aliphatic heterocycles. The van der Waals surface area contributed by atoms with E-state index in [2.05, 4.69) is 22.4 Å². The second-order valence-electron chi connectivity index (χ2n) is 5.38. The standard InChI is InChI=1S/C14H18FN5O/c1-9(10-4-6-21-7-5-10)20-14(17-18-19-20)12-3-2-11(16)8-13(12)15/h2-3,8-10H,4-7,16H2,1H3. The van der Waals surface area contributed by atoms with Crippen molar-refractivity contribution in [1.82, 2.24) is 20.2 Å².